The molecule has 1 aromatic carbocycles. The number of rotatable bonds is 3. The van der Waals surface area contributed by atoms with Crippen LogP contribution in [-0.2, 0) is 0 Å². The van der Waals surface area contributed by atoms with Crippen LogP contribution in [0.15, 0.2) is 24.3 Å². The van der Waals surface area contributed by atoms with Gasteiger partial charge in [0.05, 0.1) is 4.58 Å². The SMILES string of the molecule is O=C(N[C@H]1CCCNC1)c1ccc(C2SCCS2)cc1. The van der Waals surface area contributed by atoms with Crippen LogP contribution in [0.1, 0.15) is 33.3 Å². The molecule has 0 spiro atoms. The molecule has 1 atom stereocenters. The first-order chi connectivity index (χ1) is 9.83. The standard InChI is InChI=1S/C15H20N2OS2/c18-14(17-13-2-1-7-16-10-13)11-3-5-12(6-4-11)15-19-8-9-20-15/h3-6,13,15-16H,1-2,7-10H2,(H,17,18)/t13-/m0/s1. The summed E-state index contributed by atoms with van der Waals surface area (Å²) in [5, 5.41) is 6.43. The fourth-order valence-electron chi connectivity index (χ4n) is 2.59. The van der Waals surface area contributed by atoms with Gasteiger partial charge in [0, 0.05) is 29.7 Å². The van der Waals surface area contributed by atoms with Gasteiger partial charge in [0.15, 0.2) is 0 Å². The van der Waals surface area contributed by atoms with Gasteiger partial charge in [-0.2, -0.15) is 0 Å². The van der Waals surface area contributed by atoms with Crippen LogP contribution in [0.5, 0.6) is 0 Å². The molecule has 0 aromatic heterocycles. The van der Waals surface area contributed by atoms with E-state index in [1.165, 1.54) is 17.1 Å². The number of thioether (sulfide) groups is 2. The van der Waals surface area contributed by atoms with Crippen LogP contribution in [0.4, 0.5) is 0 Å². The first-order valence-corrected chi connectivity index (χ1v) is 9.27. The molecule has 2 aliphatic rings. The highest BCUT2D eigenvalue weighted by molar-refractivity contribution is 8.19. The van der Waals surface area contributed by atoms with E-state index < -0.39 is 0 Å². The van der Waals surface area contributed by atoms with Crippen molar-refractivity contribution < 1.29 is 4.79 Å². The summed E-state index contributed by atoms with van der Waals surface area (Å²) in [5.74, 6) is 2.51. The van der Waals surface area contributed by atoms with E-state index in [-0.39, 0.29) is 11.9 Å². The molecule has 0 aliphatic carbocycles. The lowest BCUT2D eigenvalue weighted by atomic mass is 10.1. The van der Waals surface area contributed by atoms with Crippen molar-refractivity contribution in [3.05, 3.63) is 35.4 Å². The van der Waals surface area contributed by atoms with E-state index in [2.05, 4.69) is 22.8 Å². The molecular formula is C15H20N2OS2. The summed E-state index contributed by atoms with van der Waals surface area (Å²) in [6, 6.07) is 8.39. The van der Waals surface area contributed by atoms with Crippen LogP contribution < -0.4 is 10.6 Å². The monoisotopic (exact) mass is 308 g/mol. The van der Waals surface area contributed by atoms with E-state index in [0.29, 0.717) is 4.58 Å². The van der Waals surface area contributed by atoms with Crippen molar-refractivity contribution in [2.24, 2.45) is 0 Å². The van der Waals surface area contributed by atoms with Gasteiger partial charge in [-0.1, -0.05) is 12.1 Å². The fourth-order valence-corrected chi connectivity index (χ4v) is 5.45. The Hall–Kier alpha value is -0.650. The van der Waals surface area contributed by atoms with Gasteiger partial charge in [-0.15, -0.1) is 23.5 Å². The fraction of sp³-hybridized carbons (Fsp3) is 0.533. The van der Waals surface area contributed by atoms with Gasteiger partial charge >= 0.3 is 0 Å². The molecule has 5 heteroatoms. The number of carbonyl (C=O) groups excluding carboxylic acids is 1. The lowest BCUT2D eigenvalue weighted by molar-refractivity contribution is 0.0930. The lowest BCUT2D eigenvalue weighted by Crippen LogP contribution is -2.45. The number of benzene rings is 1. The molecule has 2 fully saturated rings. The molecule has 2 N–H and O–H groups in total. The molecule has 2 aliphatic heterocycles. The van der Waals surface area contributed by atoms with Crippen molar-refractivity contribution in [3.63, 3.8) is 0 Å². The zero-order chi connectivity index (χ0) is 13.8. The van der Waals surface area contributed by atoms with E-state index in [1.54, 1.807) is 0 Å². The first kappa shape index (κ1) is 14.3. The van der Waals surface area contributed by atoms with Crippen molar-refractivity contribution in [1.82, 2.24) is 10.6 Å². The predicted octanol–water partition coefficient (Wildman–Crippen LogP) is 2.65. The van der Waals surface area contributed by atoms with Crippen molar-refractivity contribution in [1.29, 1.82) is 0 Å². The summed E-state index contributed by atoms with van der Waals surface area (Å²) in [6.07, 6.45) is 2.21. The zero-order valence-corrected chi connectivity index (χ0v) is 13.1. The molecular weight excluding hydrogens is 288 g/mol. The predicted molar refractivity (Wildman–Crippen MR) is 87.5 cm³/mol. The van der Waals surface area contributed by atoms with Crippen LogP contribution >= 0.6 is 23.5 Å². The summed E-state index contributed by atoms with van der Waals surface area (Å²) in [6.45, 7) is 1.96. The maximum atomic E-state index is 12.2. The molecule has 0 radical (unpaired) electrons. The Balaban J connectivity index is 1.59. The lowest BCUT2D eigenvalue weighted by Gasteiger charge is -2.23. The topological polar surface area (TPSA) is 41.1 Å². The first-order valence-electron chi connectivity index (χ1n) is 7.18. The number of carbonyl (C=O) groups is 1. The number of hydrogen-bond acceptors (Lipinski definition) is 4. The van der Waals surface area contributed by atoms with E-state index >= 15 is 0 Å². The molecule has 0 unspecified atom stereocenters. The Kier molecular flexibility index (Phi) is 4.91. The molecule has 3 nitrogen and oxygen atoms in total. The van der Waals surface area contributed by atoms with Crippen molar-refractivity contribution >= 4 is 29.4 Å². The highest BCUT2D eigenvalue weighted by atomic mass is 32.2. The number of hydrogen-bond donors (Lipinski definition) is 2. The molecule has 3 rings (SSSR count). The van der Waals surface area contributed by atoms with Crippen molar-refractivity contribution in [2.45, 2.75) is 23.5 Å². The highest BCUT2D eigenvalue weighted by Crippen LogP contribution is 2.45. The summed E-state index contributed by atoms with van der Waals surface area (Å²) >= 11 is 3.98. The van der Waals surface area contributed by atoms with Gasteiger partial charge in [-0.25, -0.2) is 0 Å². The van der Waals surface area contributed by atoms with Gasteiger partial charge in [0.25, 0.3) is 5.91 Å². The third kappa shape index (κ3) is 3.51. The molecule has 0 saturated carbocycles. The van der Waals surface area contributed by atoms with Crippen LogP contribution in [0, 0.1) is 0 Å². The van der Waals surface area contributed by atoms with Gasteiger partial charge < -0.3 is 10.6 Å². The number of piperidine rings is 1. The second kappa shape index (κ2) is 6.87. The Morgan fingerprint density at radius 2 is 1.95 bits per heavy atom. The molecule has 1 amide bonds. The largest absolute Gasteiger partial charge is 0.348 e. The van der Waals surface area contributed by atoms with Crippen LogP contribution in [0.2, 0.25) is 0 Å². The van der Waals surface area contributed by atoms with Crippen molar-refractivity contribution in [3.8, 4) is 0 Å². The smallest absolute Gasteiger partial charge is 0.251 e. The van der Waals surface area contributed by atoms with Gasteiger partial charge in [-0.05, 0) is 37.1 Å². The van der Waals surface area contributed by atoms with E-state index in [1.807, 2.05) is 35.7 Å². The highest BCUT2D eigenvalue weighted by Gasteiger charge is 2.19. The Morgan fingerprint density at radius 3 is 2.60 bits per heavy atom. The van der Waals surface area contributed by atoms with E-state index in [4.69, 9.17) is 0 Å². The van der Waals surface area contributed by atoms with E-state index in [0.717, 1.165) is 31.5 Å². The average molecular weight is 308 g/mol. The molecule has 2 saturated heterocycles. The Bertz CT molecular complexity index is 451. The Morgan fingerprint density at radius 1 is 1.20 bits per heavy atom. The summed E-state index contributed by atoms with van der Waals surface area (Å²) in [5.41, 5.74) is 2.10. The zero-order valence-electron chi connectivity index (χ0n) is 11.4. The van der Waals surface area contributed by atoms with Crippen molar-refractivity contribution in [2.75, 3.05) is 24.6 Å². The van der Waals surface area contributed by atoms with Crippen LogP contribution in [-0.4, -0.2) is 36.5 Å². The minimum absolute atomic E-state index is 0.0528. The Labute approximate surface area is 128 Å². The maximum absolute atomic E-state index is 12.2. The summed E-state index contributed by atoms with van der Waals surface area (Å²) in [7, 11) is 0. The molecule has 0 bridgehead atoms. The molecule has 1 aromatic rings. The van der Waals surface area contributed by atoms with Crippen LogP contribution in [0.3, 0.4) is 0 Å². The normalized spacial score (nSPS) is 23.7. The third-order valence-electron chi connectivity index (χ3n) is 3.70. The summed E-state index contributed by atoms with van der Waals surface area (Å²) < 4.78 is 0.551. The van der Waals surface area contributed by atoms with Gasteiger partial charge in [0.2, 0.25) is 0 Å². The molecule has 2 heterocycles. The minimum atomic E-state index is 0.0528. The molecule has 108 valence electrons. The average Bonchev–Trinajstić information content (AvgIpc) is 3.03. The van der Waals surface area contributed by atoms with E-state index in [9.17, 15) is 4.79 Å². The number of nitrogens with one attached hydrogen (secondary N) is 2. The third-order valence-corrected chi connectivity index (χ3v) is 6.80. The summed E-state index contributed by atoms with van der Waals surface area (Å²) in [4.78, 5) is 12.2. The number of amides is 1. The minimum Gasteiger partial charge on any atom is -0.348 e. The second-order valence-electron chi connectivity index (χ2n) is 5.21. The molecule has 20 heavy (non-hydrogen) atoms. The van der Waals surface area contributed by atoms with Gasteiger partial charge in [-0.3, -0.25) is 4.79 Å². The second-order valence-corrected chi connectivity index (χ2v) is 7.94. The van der Waals surface area contributed by atoms with Crippen LogP contribution in [0.25, 0.3) is 0 Å². The van der Waals surface area contributed by atoms with Gasteiger partial charge in [0.1, 0.15) is 0 Å². The maximum Gasteiger partial charge on any atom is 0.251 e. The quantitative estimate of drug-likeness (QED) is 0.901.